The molecule has 0 radical (unpaired) electrons. The standard InChI is InChI=1S/C15H31NO3/c1-15(2)6-4-5-14(13-15)16-7-8-18-11-12-19-10-9-17-3/h14,16H,4-13H2,1-3H3. The summed E-state index contributed by atoms with van der Waals surface area (Å²) in [5, 5.41) is 3.60. The van der Waals surface area contributed by atoms with Crippen molar-refractivity contribution in [1.82, 2.24) is 5.32 Å². The second-order valence-electron chi connectivity index (χ2n) is 6.13. The molecule has 114 valence electrons. The van der Waals surface area contributed by atoms with Crippen LogP contribution in [0.2, 0.25) is 0 Å². The summed E-state index contributed by atoms with van der Waals surface area (Å²) >= 11 is 0. The SMILES string of the molecule is COCCOCCOCCNC1CCCC(C)(C)C1. The van der Waals surface area contributed by atoms with Gasteiger partial charge in [-0.1, -0.05) is 20.3 Å². The number of hydrogen-bond donors (Lipinski definition) is 1. The molecule has 1 aliphatic rings. The number of rotatable bonds is 10. The topological polar surface area (TPSA) is 39.7 Å². The van der Waals surface area contributed by atoms with Crippen LogP contribution in [0.15, 0.2) is 0 Å². The number of ether oxygens (including phenoxy) is 3. The van der Waals surface area contributed by atoms with Gasteiger partial charge >= 0.3 is 0 Å². The second-order valence-corrected chi connectivity index (χ2v) is 6.13. The van der Waals surface area contributed by atoms with Gasteiger partial charge in [0.15, 0.2) is 0 Å². The van der Waals surface area contributed by atoms with Crippen LogP contribution in [0.4, 0.5) is 0 Å². The van der Waals surface area contributed by atoms with Gasteiger partial charge in [0, 0.05) is 19.7 Å². The van der Waals surface area contributed by atoms with E-state index in [1.54, 1.807) is 7.11 Å². The molecule has 4 heteroatoms. The average Bonchev–Trinajstić information content (AvgIpc) is 2.36. The lowest BCUT2D eigenvalue weighted by atomic mass is 9.75. The van der Waals surface area contributed by atoms with Crippen molar-refractivity contribution < 1.29 is 14.2 Å². The molecule has 1 aliphatic carbocycles. The zero-order valence-corrected chi connectivity index (χ0v) is 12.9. The molecule has 0 aromatic rings. The minimum atomic E-state index is 0.506. The summed E-state index contributed by atoms with van der Waals surface area (Å²) in [4.78, 5) is 0. The zero-order valence-electron chi connectivity index (χ0n) is 12.9. The summed E-state index contributed by atoms with van der Waals surface area (Å²) in [5.41, 5.74) is 0.506. The largest absolute Gasteiger partial charge is 0.382 e. The Balaban J connectivity index is 1.88. The maximum Gasteiger partial charge on any atom is 0.0701 e. The van der Waals surface area contributed by atoms with Gasteiger partial charge < -0.3 is 19.5 Å². The number of methoxy groups -OCH3 is 1. The first kappa shape index (κ1) is 16.9. The molecule has 0 aliphatic heterocycles. The van der Waals surface area contributed by atoms with Gasteiger partial charge in [-0.15, -0.1) is 0 Å². The van der Waals surface area contributed by atoms with E-state index in [0.717, 1.165) is 13.2 Å². The molecule has 1 atom stereocenters. The van der Waals surface area contributed by atoms with Crippen LogP contribution in [0.25, 0.3) is 0 Å². The van der Waals surface area contributed by atoms with E-state index in [9.17, 15) is 0 Å². The average molecular weight is 273 g/mol. The molecule has 1 N–H and O–H groups in total. The van der Waals surface area contributed by atoms with Crippen LogP contribution < -0.4 is 5.32 Å². The fourth-order valence-electron chi connectivity index (χ4n) is 2.67. The van der Waals surface area contributed by atoms with Crippen molar-refractivity contribution >= 4 is 0 Å². The first-order valence-electron chi connectivity index (χ1n) is 7.52. The molecule has 0 heterocycles. The lowest BCUT2D eigenvalue weighted by molar-refractivity contribution is 0.0247. The summed E-state index contributed by atoms with van der Waals surface area (Å²) in [7, 11) is 1.68. The first-order valence-corrected chi connectivity index (χ1v) is 7.52. The third-order valence-electron chi connectivity index (χ3n) is 3.69. The fourth-order valence-corrected chi connectivity index (χ4v) is 2.67. The molecule has 0 aromatic heterocycles. The molecule has 1 rings (SSSR count). The van der Waals surface area contributed by atoms with Crippen LogP contribution in [0.3, 0.4) is 0 Å². The lowest BCUT2D eigenvalue weighted by Crippen LogP contribution is -2.38. The van der Waals surface area contributed by atoms with Gasteiger partial charge in [0.25, 0.3) is 0 Å². The highest BCUT2D eigenvalue weighted by Gasteiger charge is 2.27. The van der Waals surface area contributed by atoms with E-state index in [2.05, 4.69) is 19.2 Å². The number of nitrogens with one attached hydrogen (secondary N) is 1. The predicted molar refractivity (Wildman–Crippen MR) is 77.6 cm³/mol. The van der Waals surface area contributed by atoms with Gasteiger partial charge in [-0.3, -0.25) is 0 Å². The van der Waals surface area contributed by atoms with Gasteiger partial charge in [0.2, 0.25) is 0 Å². The first-order chi connectivity index (χ1) is 9.14. The van der Waals surface area contributed by atoms with Gasteiger partial charge in [-0.05, 0) is 24.7 Å². The normalized spacial score (nSPS) is 22.6. The molecule has 1 unspecified atom stereocenters. The molecule has 0 saturated heterocycles. The highest BCUT2D eigenvalue weighted by molar-refractivity contribution is 4.83. The van der Waals surface area contributed by atoms with Crippen molar-refractivity contribution in [3.63, 3.8) is 0 Å². The Morgan fingerprint density at radius 2 is 1.74 bits per heavy atom. The quantitative estimate of drug-likeness (QED) is 0.620. The second kappa shape index (κ2) is 9.70. The smallest absolute Gasteiger partial charge is 0.0701 e. The molecule has 0 amide bonds. The lowest BCUT2D eigenvalue weighted by Gasteiger charge is -2.35. The van der Waals surface area contributed by atoms with Crippen molar-refractivity contribution in [2.75, 3.05) is 46.7 Å². The van der Waals surface area contributed by atoms with E-state index < -0.39 is 0 Å². The van der Waals surface area contributed by atoms with Gasteiger partial charge in [-0.2, -0.15) is 0 Å². The van der Waals surface area contributed by atoms with Crippen molar-refractivity contribution in [1.29, 1.82) is 0 Å². The highest BCUT2D eigenvalue weighted by Crippen LogP contribution is 2.34. The fraction of sp³-hybridized carbons (Fsp3) is 1.00. The van der Waals surface area contributed by atoms with Crippen LogP contribution >= 0.6 is 0 Å². The maximum absolute atomic E-state index is 5.53. The van der Waals surface area contributed by atoms with E-state index in [-0.39, 0.29) is 0 Å². The molecule has 1 fully saturated rings. The van der Waals surface area contributed by atoms with Crippen molar-refractivity contribution in [3.05, 3.63) is 0 Å². The molecule has 0 spiro atoms. The van der Waals surface area contributed by atoms with Crippen LogP contribution in [-0.4, -0.2) is 52.7 Å². The van der Waals surface area contributed by atoms with E-state index >= 15 is 0 Å². The van der Waals surface area contributed by atoms with Crippen LogP contribution in [0, 0.1) is 5.41 Å². The van der Waals surface area contributed by atoms with E-state index in [0.29, 0.717) is 37.9 Å². The molecule has 0 bridgehead atoms. The van der Waals surface area contributed by atoms with E-state index in [4.69, 9.17) is 14.2 Å². The van der Waals surface area contributed by atoms with Crippen molar-refractivity contribution in [2.45, 2.75) is 45.6 Å². The van der Waals surface area contributed by atoms with Gasteiger partial charge in [0.05, 0.1) is 33.0 Å². The molecular weight excluding hydrogens is 242 g/mol. The maximum atomic E-state index is 5.53. The third-order valence-corrected chi connectivity index (χ3v) is 3.69. The monoisotopic (exact) mass is 273 g/mol. The molecule has 4 nitrogen and oxygen atoms in total. The van der Waals surface area contributed by atoms with Crippen LogP contribution in [0.1, 0.15) is 39.5 Å². The Labute approximate surface area is 118 Å². The minimum Gasteiger partial charge on any atom is -0.382 e. The molecule has 1 saturated carbocycles. The van der Waals surface area contributed by atoms with E-state index in [1.165, 1.54) is 25.7 Å². The summed E-state index contributed by atoms with van der Waals surface area (Å²) < 4.78 is 15.8. The van der Waals surface area contributed by atoms with Crippen LogP contribution in [-0.2, 0) is 14.2 Å². The van der Waals surface area contributed by atoms with Crippen LogP contribution in [0.5, 0.6) is 0 Å². The minimum absolute atomic E-state index is 0.506. The molecule has 0 aromatic carbocycles. The Kier molecular flexibility index (Phi) is 8.62. The highest BCUT2D eigenvalue weighted by atomic mass is 16.5. The Morgan fingerprint density at radius 1 is 1.05 bits per heavy atom. The van der Waals surface area contributed by atoms with E-state index in [1.807, 2.05) is 0 Å². The summed E-state index contributed by atoms with van der Waals surface area (Å²) in [5.74, 6) is 0. The van der Waals surface area contributed by atoms with Crippen molar-refractivity contribution in [3.8, 4) is 0 Å². The predicted octanol–water partition coefficient (Wildman–Crippen LogP) is 2.22. The third kappa shape index (κ3) is 8.58. The molecule has 19 heavy (non-hydrogen) atoms. The zero-order chi connectivity index (χ0) is 14.0. The number of hydrogen-bond acceptors (Lipinski definition) is 4. The van der Waals surface area contributed by atoms with Gasteiger partial charge in [0.1, 0.15) is 0 Å². The Bertz CT molecular complexity index is 221. The van der Waals surface area contributed by atoms with Gasteiger partial charge in [-0.25, -0.2) is 0 Å². The van der Waals surface area contributed by atoms with Crippen molar-refractivity contribution in [2.24, 2.45) is 5.41 Å². The summed E-state index contributed by atoms with van der Waals surface area (Å²) in [6, 6.07) is 0.672. The Hall–Kier alpha value is -0.160. The summed E-state index contributed by atoms with van der Waals surface area (Å²) in [6.45, 7) is 9.07. The summed E-state index contributed by atoms with van der Waals surface area (Å²) in [6.07, 6.45) is 5.30. The molecular formula is C15H31NO3. The Morgan fingerprint density at radius 3 is 2.42 bits per heavy atom.